The number of benzene rings is 1. The van der Waals surface area contributed by atoms with E-state index in [1.54, 1.807) is 11.3 Å². The van der Waals surface area contributed by atoms with Crippen molar-refractivity contribution in [1.29, 1.82) is 0 Å². The third-order valence-corrected chi connectivity index (χ3v) is 5.13. The summed E-state index contributed by atoms with van der Waals surface area (Å²) in [4.78, 5) is 15.3. The second-order valence-electron chi connectivity index (χ2n) is 5.21. The van der Waals surface area contributed by atoms with Crippen LogP contribution < -0.4 is 0 Å². The number of thiophene rings is 1. The first-order valence-electron chi connectivity index (χ1n) is 6.73. The Labute approximate surface area is 128 Å². The number of rotatable bonds is 4. The van der Waals surface area contributed by atoms with Crippen molar-refractivity contribution in [3.05, 3.63) is 58.3 Å². The number of nitrogens with zero attached hydrogens (tertiary/aromatic N) is 1. The Morgan fingerprint density at radius 2 is 2.00 bits per heavy atom. The highest BCUT2D eigenvalue weighted by Gasteiger charge is 2.38. The molecule has 0 amide bonds. The van der Waals surface area contributed by atoms with Crippen molar-refractivity contribution >= 4 is 28.2 Å². The molecule has 2 atom stereocenters. The van der Waals surface area contributed by atoms with Crippen LogP contribution in [0.25, 0.3) is 0 Å². The molecule has 1 aliphatic rings. The fraction of sp³-hybridized carbons (Fsp3) is 0.312. The predicted octanol–water partition coefficient (Wildman–Crippen LogP) is 3.73. The van der Waals surface area contributed by atoms with Crippen LogP contribution in [0.1, 0.15) is 16.4 Å². The highest BCUT2D eigenvalue weighted by Crippen LogP contribution is 2.36. The highest BCUT2D eigenvalue weighted by molar-refractivity contribution is 7.10. The van der Waals surface area contributed by atoms with E-state index in [9.17, 15) is 4.79 Å². The van der Waals surface area contributed by atoms with Gasteiger partial charge in [-0.05, 0) is 28.6 Å². The Hall–Kier alpha value is -1.16. The lowest BCUT2D eigenvalue weighted by Crippen LogP contribution is -2.21. The van der Waals surface area contributed by atoms with E-state index < -0.39 is 0 Å². The highest BCUT2D eigenvalue weighted by atomic mass is 35.5. The first-order chi connectivity index (χ1) is 9.74. The first-order valence-corrected chi connectivity index (χ1v) is 7.99. The summed E-state index contributed by atoms with van der Waals surface area (Å²) in [6, 6.07) is 14.5. The summed E-state index contributed by atoms with van der Waals surface area (Å²) < 4.78 is 0. The SMILES string of the molecule is O=C(Cl)C1CN(Cc2ccccc2)CC1c1cccs1. The Bertz CT molecular complexity index is 569. The number of carbonyl (C=O) groups excluding carboxylic acids is 1. The average molecular weight is 306 g/mol. The maximum Gasteiger partial charge on any atom is 0.226 e. The van der Waals surface area contributed by atoms with Gasteiger partial charge in [-0.1, -0.05) is 36.4 Å². The molecule has 1 aromatic carbocycles. The van der Waals surface area contributed by atoms with Gasteiger partial charge in [0, 0.05) is 30.4 Å². The van der Waals surface area contributed by atoms with Crippen LogP contribution in [0.5, 0.6) is 0 Å². The standard InChI is InChI=1S/C16H16ClNOS/c17-16(19)14-11-18(9-12-5-2-1-3-6-12)10-13(14)15-7-4-8-20-15/h1-8,13-14H,9-11H2. The summed E-state index contributed by atoms with van der Waals surface area (Å²) in [5, 5.41) is 1.85. The monoisotopic (exact) mass is 305 g/mol. The molecule has 2 aromatic rings. The van der Waals surface area contributed by atoms with Crippen molar-refractivity contribution in [1.82, 2.24) is 4.90 Å². The number of likely N-dealkylation sites (tertiary alicyclic amines) is 1. The average Bonchev–Trinajstić information content (AvgIpc) is 3.08. The van der Waals surface area contributed by atoms with Gasteiger partial charge in [0.25, 0.3) is 0 Å². The number of hydrogen-bond acceptors (Lipinski definition) is 3. The van der Waals surface area contributed by atoms with Crippen molar-refractivity contribution in [3.8, 4) is 0 Å². The topological polar surface area (TPSA) is 20.3 Å². The lowest BCUT2D eigenvalue weighted by molar-refractivity contribution is -0.115. The predicted molar refractivity (Wildman–Crippen MR) is 83.1 cm³/mol. The van der Waals surface area contributed by atoms with Crippen molar-refractivity contribution in [2.75, 3.05) is 13.1 Å². The molecule has 0 radical (unpaired) electrons. The molecular weight excluding hydrogens is 290 g/mol. The first kappa shape index (κ1) is 13.8. The van der Waals surface area contributed by atoms with Crippen LogP contribution >= 0.6 is 22.9 Å². The van der Waals surface area contributed by atoms with E-state index in [-0.39, 0.29) is 17.1 Å². The quantitative estimate of drug-likeness (QED) is 0.802. The van der Waals surface area contributed by atoms with Crippen molar-refractivity contribution in [3.63, 3.8) is 0 Å². The summed E-state index contributed by atoms with van der Waals surface area (Å²) in [6.07, 6.45) is 0. The van der Waals surface area contributed by atoms with Crippen LogP contribution in [0.2, 0.25) is 0 Å². The van der Waals surface area contributed by atoms with Crippen LogP contribution in [0, 0.1) is 5.92 Å². The number of halogens is 1. The molecule has 0 bridgehead atoms. The van der Waals surface area contributed by atoms with E-state index in [0.29, 0.717) is 0 Å². The summed E-state index contributed by atoms with van der Waals surface area (Å²) in [5.74, 6) is 0.155. The van der Waals surface area contributed by atoms with Crippen molar-refractivity contribution in [2.45, 2.75) is 12.5 Å². The van der Waals surface area contributed by atoms with Crippen LogP contribution in [0.15, 0.2) is 47.8 Å². The third kappa shape index (κ3) is 2.95. The second-order valence-corrected chi connectivity index (χ2v) is 6.56. The van der Waals surface area contributed by atoms with E-state index >= 15 is 0 Å². The van der Waals surface area contributed by atoms with Crippen LogP contribution in [0.3, 0.4) is 0 Å². The summed E-state index contributed by atoms with van der Waals surface area (Å²) in [5.41, 5.74) is 1.28. The van der Waals surface area contributed by atoms with Gasteiger partial charge in [-0.2, -0.15) is 0 Å². The summed E-state index contributed by atoms with van der Waals surface area (Å²) in [7, 11) is 0. The summed E-state index contributed by atoms with van der Waals surface area (Å²) in [6.45, 7) is 2.53. The van der Waals surface area contributed by atoms with E-state index in [4.69, 9.17) is 11.6 Å². The minimum atomic E-state index is -0.209. The molecule has 1 fully saturated rings. The smallest absolute Gasteiger partial charge is 0.226 e. The molecule has 2 nitrogen and oxygen atoms in total. The zero-order chi connectivity index (χ0) is 13.9. The molecule has 4 heteroatoms. The van der Waals surface area contributed by atoms with E-state index in [1.165, 1.54) is 10.4 Å². The molecule has 104 valence electrons. The molecule has 0 N–H and O–H groups in total. The Kier molecular flexibility index (Phi) is 4.20. The van der Waals surface area contributed by atoms with E-state index in [1.807, 2.05) is 24.3 Å². The normalized spacial score (nSPS) is 23.1. The van der Waals surface area contributed by atoms with Gasteiger partial charge in [-0.15, -0.1) is 11.3 Å². The molecule has 2 unspecified atom stereocenters. The molecule has 20 heavy (non-hydrogen) atoms. The molecule has 1 aromatic heterocycles. The third-order valence-electron chi connectivity index (χ3n) is 3.84. The molecule has 0 saturated carbocycles. The fourth-order valence-corrected chi connectivity index (χ4v) is 3.98. The number of hydrogen-bond donors (Lipinski definition) is 0. The number of carbonyl (C=O) groups is 1. The summed E-state index contributed by atoms with van der Waals surface area (Å²) >= 11 is 7.52. The molecule has 1 saturated heterocycles. The molecule has 3 rings (SSSR count). The molecule has 2 heterocycles. The lowest BCUT2D eigenvalue weighted by atomic mass is 9.96. The van der Waals surface area contributed by atoms with E-state index in [2.05, 4.69) is 28.5 Å². The zero-order valence-electron chi connectivity index (χ0n) is 11.0. The van der Waals surface area contributed by atoms with Crippen molar-refractivity contribution < 1.29 is 4.79 Å². The van der Waals surface area contributed by atoms with Gasteiger partial charge >= 0.3 is 0 Å². The largest absolute Gasteiger partial charge is 0.298 e. The minimum Gasteiger partial charge on any atom is -0.298 e. The van der Waals surface area contributed by atoms with Gasteiger partial charge in [0.1, 0.15) is 0 Å². The van der Waals surface area contributed by atoms with Gasteiger partial charge in [0.2, 0.25) is 5.24 Å². The van der Waals surface area contributed by atoms with E-state index in [0.717, 1.165) is 19.6 Å². The van der Waals surface area contributed by atoms with Crippen LogP contribution in [-0.2, 0) is 11.3 Å². The van der Waals surface area contributed by atoms with Crippen molar-refractivity contribution in [2.24, 2.45) is 5.92 Å². The lowest BCUT2D eigenvalue weighted by Gasteiger charge is -2.15. The maximum absolute atomic E-state index is 11.7. The van der Waals surface area contributed by atoms with Gasteiger partial charge in [-0.25, -0.2) is 0 Å². The fourth-order valence-electron chi connectivity index (χ4n) is 2.88. The van der Waals surface area contributed by atoms with Gasteiger partial charge in [0.15, 0.2) is 0 Å². The Morgan fingerprint density at radius 1 is 1.20 bits per heavy atom. The molecular formula is C16H16ClNOS. The zero-order valence-corrected chi connectivity index (χ0v) is 12.6. The second kappa shape index (κ2) is 6.08. The van der Waals surface area contributed by atoms with Gasteiger partial charge < -0.3 is 0 Å². The van der Waals surface area contributed by atoms with Crippen LogP contribution in [0.4, 0.5) is 0 Å². The Morgan fingerprint density at radius 3 is 2.65 bits per heavy atom. The van der Waals surface area contributed by atoms with Gasteiger partial charge in [0.05, 0.1) is 5.92 Å². The molecule has 0 aliphatic carbocycles. The minimum absolute atomic E-state index is 0.0842. The maximum atomic E-state index is 11.7. The Balaban J connectivity index is 1.75. The molecule has 0 spiro atoms. The van der Waals surface area contributed by atoms with Crippen LogP contribution in [-0.4, -0.2) is 23.2 Å². The molecule has 1 aliphatic heterocycles. The van der Waals surface area contributed by atoms with Gasteiger partial charge in [-0.3, -0.25) is 9.69 Å².